The quantitative estimate of drug-likeness (QED) is 0.872. The molecule has 23 heavy (non-hydrogen) atoms. The summed E-state index contributed by atoms with van der Waals surface area (Å²) < 4.78 is 13.6. The van der Waals surface area contributed by atoms with E-state index in [1.165, 1.54) is 12.1 Å². The molecule has 2 heterocycles. The smallest absolute Gasteiger partial charge is 0.132 e. The molecule has 6 heteroatoms. The molecule has 1 atom stereocenters. The summed E-state index contributed by atoms with van der Waals surface area (Å²) in [5.74, 6) is 0.517. The molecule has 1 unspecified atom stereocenters. The number of aryl methyl sites for hydroxylation is 1. The van der Waals surface area contributed by atoms with Crippen LogP contribution in [0.1, 0.15) is 17.7 Å². The van der Waals surface area contributed by atoms with Crippen LogP contribution in [0.15, 0.2) is 30.6 Å². The Morgan fingerprint density at radius 1 is 1.30 bits per heavy atom. The maximum atomic E-state index is 13.6. The summed E-state index contributed by atoms with van der Waals surface area (Å²) >= 11 is 0. The van der Waals surface area contributed by atoms with Gasteiger partial charge in [-0.3, -0.25) is 0 Å². The third kappa shape index (κ3) is 3.24. The van der Waals surface area contributed by atoms with E-state index in [1.807, 2.05) is 26.1 Å². The van der Waals surface area contributed by atoms with E-state index >= 15 is 0 Å². The normalized spacial score (nSPS) is 17.1. The summed E-state index contributed by atoms with van der Waals surface area (Å²) in [6.07, 6.45) is 2.53. The van der Waals surface area contributed by atoms with Gasteiger partial charge >= 0.3 is 0 Å². The molecule has 0 spiro atoms. The van der Waals surface area contributed by atoms with Gasteiger partial charge in [0.1, 0.15) is 18.0 Å². The van der Waals surface area contributed by atoms with E-state index in [0.29, 0.717) is 5.56 Å². The lowest BCUT2D eigenvalue weighted by atomic mass is 10.2. The Balaban J connectivity index is 1.76. The van der Waals surface area contributed by atoms with Crippen molar-refractivity contribution in [1.29, 1.82) is 5.26 Å². The molecule has 0 amide bonds. The fourth-order valence-electron chi connectivity index (χ4n) is 2.93. The van der Waals surface area contributed by atoms with Crippen molar-refractivity contribution in [3.8, 4) is 6.07 Å². The fourth-order valence-corrected chi connectivity index (χ4v) is 2.93. The van der Waals surface area contributed by atoms with Gasteiger partial charge in [0, 0.05) is 43.6 Å². The van der Waals surface area contributed by atoms with Gasteiger partial charge in [-0.25, -0.2) is 14.4 Å². The molecule has 0 aliphatic carbocycles. The van der Waals surface area contributed by atoms with Crippen molar-refractivity contribution < 1.29 is 4.39 Å². The second kappa shape index (κ2) is 6.21. The minimum absolute atomic E-state index is 0.290. The number of benzene rings is 1. The summed E-state index contributed by atoms with van der Waals surface area (Å²) in [7, 11) is 2.02. The lowest BCUT2D eigenvalue weighted by Crippen LogP contribution is -2.35. The second-order valence-corrected chi connectivity index (χ2v) is 5.83. The number of halogens is 1. The van der Waals surface area contributed by atoms with Crippen molar-refractivity contribution >= 4 is 11.5 Å². The van der Waals surface area contributed by atoms with Crippen molar-refractivity contribution in [2.24, 2.45) is 0 Å². The number of rotatable bonds is 3. The maximum Gasteiger partial charge on any atom is 0.132 e. The highest BCUT2D eigenvalue weighted by molar-refractivity contribution is 5.54. The first-order valence-corrected chi connectivity index (χ1v) is 7.54. The summed E-state index contributed by atoms with van der Waals surface area (Å²) in [5, 5.41) is 8.99. The fraction of sp³-hybridized carbons (Fsp3) is 0.353. The molecule has 3 rings (SSSR count). The average Bonchev–Trinajstić information content (AvgIpc) is 3.03. The van der Waals surface area contributed by atoms with Crippen LogP contribution in [0.2, 0.25) is 0 Å². The number of nitriles is 1. The molecule has 1 aromatic heterocycles. The molecule has 1 aromatic carbocycles. The van der Waals surface area contributed by atoms with Gasteiger partial charge in [-0.05, 0) is 31.5 Å². The number of hydrogen-bond acceptors (Lipinski definition) is 5. The minimum atomic E-state index is -0.373. The van der Waals surface area contributed by atoms with Crippen LogP contribution in [0.5, 0.6) is 0 Å². The van der Waals surface area contributed by atoms with Crippen LogP contribution in [0.25, 0.3) is 0 Å². The largest absolute Gasteiger partial charge is 0.369 e. The van der Waals surface area contributed by atoms with E-state index in [9.17, 15) is 4.39 Å². The SMILES string of the molecule is Cc1cc(N(C)C2CCN(c3cc(F)cc(C#N)c3)C2)ncn1. The zero-order valence-corrected chi connectivity index (χ0v) is 13.2. The predicted octanol–water partition coefficient (Wildman–Crippen LogP) is 2.51. The van der Waals surface area contributed by atoms with Crippen LogP contribution >= 0.6 is 0 Å². The van der Waals surface area contributed by atoms with Crippen LogP contribution in [0.3, 0.4) is 0 Å². The summed E-state index contributed by atoms with van der Waals surface area (Å²) in [6, 6.07) is 8.73. The van der Waals surface area contributed by atoms with Crippen molar-refractivity contribution in [2.45, 2.75) is 19.4 Å². The first kappa shape index (κ1) is 15.2. The summed E-state index contributed by atoms with van der Waals surface area (Å²) in [5.41, 5.74) is 2.04. The lowest BCUT2D eigenvalue weighted by Gasteiger charge is -2.26. The lowest BCUT2D eigenvalue weighted by molar-refractivity contribution is 0.626. The molecule has 5 nitrogen and oxygen atoms in total. The molecule has 118 valence electrons. The second-order valence-electron chi connectivity index (χ2n) is 5.83. The van der Waals surface area contributed by atoms with Crippen molar-refractivity contribution in [3.05, 3.63) is 47.7 Å². The zero-order valence-electron chi connectivity index (χ0n) is 13.2. The van der Waals surface area contributed by atoms with E-state index in [1.54, 1.807) is 12.4 Å². The van der Waals surface area contributed by atoms with Crippen molar-refractivity contribution in [1.82, 2.24) is 9.97 Å². The molecule has 2 aromatic rings. The molecule has 1 saturated heterocycles. The number of anilines is 2. The number of likely N-dealkylation sites (N-methyl/N-ethyl adjacent to an activating group) is 1. The van der Waals surface area contributed by atoms with Crippen LogP contribution in [0.4, 0.5) is 15.9 Å². The third-order valence-corrected chi connectivity index (χ3v) is 4.24. The minimum Gasteiger partial charge on any atom is -0.369 e. The molecule has 0 saturated carbocycles. The van der Waals surface area contributed by atoms with Crippen molar-refractivity contribution in [3.63, 3.8) is 0 Å². The van der Waals surface area contributed by atoms with Gasteiger partial charge < -0.3 is 9.80 Å². The molecule has 1 aliphatic heterocycles. The van der Waals surface area contributed by atoms with E-state index in [4.69, 9.17) is 5.26 Å². The van der Waals surface area contributed by atoms with Crippen molar-refractivity contribution in [2.75, 3.05) is 29.9 Å². The molecular formula is C17H18FN5. The molecular weight excluding hydrogens is 293 g/mol. The van der Waals surface area contributed by atoms with Crippen LogP contribution < -0.4 is 9.80 Å². The van der Waals surface area contributed by atoms with Gasteiger partial charge in [-0.15, -0.1) is 0 Å². The van der Waals surface area contributed by atoms with Gasteiger partial charge in [-0.1, -0.05) is 0 Å². The summed E-state index contributed by atoms with van der Waals surface area (Å²) in [6.45, 7) is 3.54. The Hall–Kier alpha value is -2.68. The summed E-state index contributed by atoms with van der Waals surface area (Å²) in [4.78, 5) is 12.7. The van der Waals surface area contributed by atoms with E-state index in [2.05, 4.69) is 19.8 Å². The molecule has 0 N–H and O–H groups in total. The Labute approximate surface area is 135 Å². The Bertz CT molecular complexity index is 755. The standard InChI is InChI=1S/C17H18FN5/c1-12-5-17(21-11-20-12)22(2)15-3-4-23(10-15)16-7-13(9-19)6-14(18)8-16/h5-8,11,15H,3-4,10H2,1-2H3. The molecule has 0 bridgehead atoms. The first-order valence-electron chi connectivity index (χ1n) is 7.54. The molecule has 1 aliphatic rings. The number of hydrogen-bond donors (Lipinski definition) is 0. The molecule has 1 fully saturated rings. The van der Waals surface area contributed by atoms with Gasteiger partial charge in [0.2, 0.25) is 0 Å². The van der Waals surface area contributed by atoms with E-state index in [-0.39, 0.29) is 11.9 Å². The average molecular weight is 311 g/mol. The number of aromatic nitrogens is 2. The Morgan fingerprint density at radius 3 is 2.87 bits per heavy atom. The van der Waals surface area contributed by atoms with Gasteiger partial charge in [0.25, 0.3) is 0 Å². The Morgan fingerprint density at radius 2 is 2.13 bits per heavy atom. The zero-order chi connectivity index (χ0) is 16.4. The highest BCUT2D eigenvalue weighted by atomic mass is 19.1. The van der Waals surface area contributed by atoms with Gasteiger partial charge in [-0.2, -0.15) is 5.26 Å². The monoisotopic (exact) mass is 311 g/mol. The highest BCUT2D eigenvalue weighted by Crippen LogP contribution is 2.26. The first-order chi connectivity index (χ1) is 11.1. The highest BCUT2D eigenvalue weighted by Gasteiger charge is 2.27. The Kier molecular flexibility index (Phi) is 4.11. The third-order valence-electron chi connectivity index (χ3n) is 4.24. The topological polar surface area (TPSA) is 56.0 Å². The van der Waals surface area contributed by atoms with E-state index < -0.39 is 0 Å². The van der Waals surface area contributed by atoms with Crippen LogP contribution in [-0.4, -0.2) is 36.1 Å². The van der Waals surface area contributed by atoms with Gasteiger partial charge in [0.05, 0.1) is 11.6 Å². The van der Waals surface area contributed by atoms with Gasteiger partial charge in [0.15, 0.2) is 0 Å². The maximum absolute atomic E-state index is 13.6. The predicted molar refractivity (Wildman–Crippen MR) is 86.9 cm³/mol. The number of nitrogens with zero attached hydrogens (tertiary/aromatic N) is 5. The molecule has 0 radical (unpaired) electrons. The van der Waals surface area contributed by atoms with E-state index in [0.717, 1.165) is 36.7 Å². The van der Waals surface area contributed by atoms with Crippen LogP contribution in [-0.2, 0) is 0 Å². The van der Waals surface area contributed by atoms with Crippen LogP contribution in [0, 0.1) is 24.1 Å².